The number of carbonyl (C=O) groups excluding carboxylic acids is 1. The summed E-state index contributed by atoms with van der Waals surface area (Å²) < 4.78 is 11.0. The minimum atomic E-state index is -0.346. The van der Waals surface area contributed by atoms with Crippen molar-refractivity contribution in [3.63, 3.8) is 0 Å². The Labute approximate surface area is 154 Å². The molecule has 2 aromatic heterocycles. The minimum absolute atomic E-state index is 0.0880. The first-order valence-electron chi connectivity index (χ1n) is 9.18. The molecule has 0 saturated carbocycles. The Morgan fingerprint density at radius 3 is 2.69 bits per heavy atom. The number of aromatic nitrogens is 1. The van der Waals surface area contributed by atoms with E-state index in [2.05, 4.69) is 23.7 Å². The second kappa shape index (κ2) is 8.96. The molecule has 1 fully saturated rings. The molecule has 3 rings (SSSR count). The molecule has 0 spiro atoms. The van der Waals surface area contributed by atoms with E-state index in [9.17, 15) is 4.79 Å². The van der Waals surface area contributed by atoms with Crippen molar-refractivity contribution in [2.24, 2.45) is 5.92 Å². The van der Waals surface area contributed by atoms with E-state index in [-0.39, 0.29) is 11.9 Å². The largest absolute Gasteiger partial charge is 0.467 e. The van der Waals surface area contributed by atoms with Crippen LogP contribution in [0.3, 0.4) is 0 Å². The summed E-state index contributed by atoms with van der Waals surface area (Å²) in [5, 5.41) is 0. The van der Waals surface area contributed by atoms with Gasteiger partial charge >= 0.3 is 0 Å². The van der Waals surface area contributed by atoms with Gasteiger partial charge < -0.3 is 14.1 Å². The van der Waals surface area contributed by atoms with Crippen LogP contribution in [0.25, 0.3) is 0 Å². The molecule has 1 unspecified atom stereocenters. The SMILES string of the molecule is CC(C)CN(Cc1ccco1)C(=O)C(c1cccnc1)N1CCOCC1. The van der Waals surface area contributed by atoms with Gasteiger partial charge in [0.05, 0.1) is 26.0 Å². The van der Waals surface area contributed by atoms with Crippen LogP contribution in [0.2, 0.25) is 0 Å². The summed E-state index contributed by atoms with van der Waals surface area (Å²) in [6, 6.07) is 7.28. The Bertz CT molecular complexity index is 667. The molecule has 0 aromatic carbocycles. The topological polar surface area (TPSA) is 58.8 Å². The molecule has 6 heteroatoms. The first-order chi connectivity index (χ1) is 12.6. The number of morpholine rings is 1. The van der Waals surface area contributed by atoms with Crippen LogP contribution in [-0.2, 0) is 16.1 Å². The highest BCUT2D eigenvalue weighted by atomic mass is 16.5. The van der Waals surface area contributed by atoms with Crippen LogP contribution in [0.1, 0.15) is 31.2 Å². The Hall–Kier alpha value is -2.18. The molecule has 1 amide bonds. The highest BCUT2D eigenvalue weighted by molar-refractivity contribution is 5.83. The van der Waals surface area contributed by atoms with Crippen LogP contribution in [0.15, 0.2) is 47.3 Å². The lowest BCUT2D eigenvalue weighted by Crippen LogP contribution is -2.47. The Morgan fingerprint density at radius 2 is 2.08 bits per heavy atom. The van der Waals surface area contributed by atoms with Crippen molar-refractivity contribution in [1.29, 1.82) is 0 Å². The van der Waals surface area contributed by atoms with Crippen molar-refractivity contribution < 1.29 is 13.9 Å². The minimum Gasteiger partial charge on any atom is -0.467 e. The molecule has 3 heterocycles. The number of nitrogens with zero attached hydrogens (tertiary/aromatic N) is 3. The maximum atomic E-state index is 13.6. The predicted molar refractivity (Wildman–Crippen MR) is 98.3 cm³/mol. The van der Waals surface area contributed by atoms with Gasteiger partial charge in [0.15, 0.2) is 0 Å². The number of furan rings is 1. The van der Waals surface area contributed by atoms with Gasteiger partial charge in [0.25, 0.3) is 0 Å². The van der Waals surface area contributed by atoms with E-state index in [1.165, 1.54) is 0 Å². The fourth-order valence-corrected chi connectivity index (χ4v) is 3.32. The zero-order chi connectivity index (χ0) is 18.4. The molecule has 2 aromatic rings. The summed E-state index contributed by atoms with van der Waals surface area (Å²) >= 11 is 0. The van der Waals surface area contributed by atoms with E-state index in [4.69, 9.17) is 9.15 Å². The van der Waals surface area contributed by atoms with Gasteiger partial charge in [0, 0.05) is 32.0 Å². The van der Waals surface area contributed by atoms with E-state index >= 15 is 0 Å². The average Bonchev–Trinajstić information content (AvgIpc) is 3.16. The Kier molecular flexibility index (Phi) is 6.41. The number of carbonyl (C=O) groups is 1. The van der Waals surface area contributed by atoms with E-state index < -0.39 is 0 Å². The number of amides is 1. The third-order valence-corrected chi connectivity index (χ3v) is 4.47. The monoisotopic (exact) mass is 357 g/mol. The van der Waals surface area contributed by atoms with Gasteiger partial charge in [-0.15, -0.1) is 0 Å². The van der Waals surface area contributed by atoms with Gasteiger partial charge in [-0.05, 0) is 29.7 Å². The summed E-state index contributed by atoms with van der Waals surface area (Å²) in [7, 11) is 0. The number of ether oxygens (including phenoxy) is 1. The number of hydrogen-bond acceptors (Lipinski definition) is 5. The van der Waals surface area contributed by atoms with Gasteiger partial charge in [-0.3, -0.25) is 14.7 Å². The van der Waals surface area contributed by atoms with Crippen molar-refractivity contribution in [2.45, 2.75) is 26.4 Å². The third-order valence-electron chi connectivity index (χ3n) is 4.47. The molecule has 1 atom stereocenters. The van der Waals surface area contributed by atoms with E-state index in [0.29, 0.717) is 32.2 Å². The summed E-state index contributed by atoms with van der Waals surface area (Å²) in [5.74, 6) is 1.25. The lowest BCUT2D eigenvalue weighted by Gasteiger charge is -2.37. The maximum absolute atomic E-state index is 13.6. The fraction of sp³-hybridized carbons (Fsp3) is 0.500. The van der Waals surface area contributed by atoms with Gasteiger partial charge in [0.2, 0.25) is 5.91 Å². The number of rotatable bonds is 7. The molecule has 0 N–H and O–H groups in total. The van der Waals surface area contributed by atoms with Crippen LogP contribution in [0.5, 0.6) is 0 Å². The molecule has 1 saturated heterocycles. The quantitative estimate of drug-likeness (QED) is 0.763. The summed E-state index contributed by atoms with van der Waals surface area (Å²) in [6.45, 7) is 8.17. The normalized spacial score (nSPS) is 16.6. The van der Waals surface area contributed by atoms with Crippen molar-refractivity contribution in [2.75, 3.05) is 32.8 Å². The fourth-order valence-electron chi connectivity index (χ4n) is 3.32. The third kappa shape index (κ3) is 4.71. The highest BCUT2D eigenvalue weighted by Gasteiger charge is 2.33. The highest BCUT2D eigenvalue weighted by Crippen LogP contribution is 2.25. The smallest absolute Gasteiger partial charge is 0.245 e. The Balaban J connectivity index is 1.87. The Morgan fingerprint density at radius 1 is 1.27 bits per heavy atom. The predicted octanol–water partition coefficient (Wildman–Crippen LogP) is 2.73. The molecule has 26 heavy (non-hydrogen) atoms. The lowest BCUT2D eigenvalue weighted by molar-refractivity contribution is -0.140. The number of pyridine rings is 1. The van der Waals surface area contributed by atoms with Crippen molar-refractivity contribution in [3.8, 4) is 0 Å². The van der Waals surface area contributed by atoms with Crippen LogP contribution in [0.4, 0.5) is 0 Å². The lowest BCUT2D eigenvalue weighted by atomic mass is 10.0. The van der Waals surface area contributed by atoms with Gasteiger partial charge in [0.1, 0.15) is 11.8 Å². The average molecular weight is 357 g/mol. The summed E-state index contributed by atoms with van der Waals surface area (Å²) in [4.78, 5) is 21.9. The van der Waals surface area contributed by atoms with Gasteiger partial charge in [-0.1, -0.05) is 19.9 Å². The number of hydrogen-bond donors (Lipinski definition) is 0. The molecule has 140 valence electrons. The van der Waals surface area contributed by atoms with E-state index in [0.717, 1.165) is 24.4 Å². The molecule has 0 aliphatic carbocycles. The van der Waals surface area contributed by atoms with Crippen LogP contribution in [-0.4, -0.2) is 53.5 Å². The second-order valence-corrected chi connectivity index (χ2v) is 7.03. The molecular weight excluding hydrogens is 330 g/mol. The van der Waals surface area contributed by atoms with Crippen LogP contribution in [0, 0.1) is 5.92 Å². The molecule has 1 aliphatic heterocycles. The zero-order valence-corrected chi connectivity index (χ0v) is 15.5. The molecule has 0 radical (unpaired) electrons. The zero-order valence-electron chi connectivity index (χ0n) is 15.5. The van der Waals surface area contributed by atoms with Crippen molar-refractivity contribution >= 4 is 5.91 Å². The van der Waals surface area contributed by atoms with Gasteiger partial charge in [-0.25, -0.2) is 0 Å². The standard InChI is InChI=1S/C20H27N3O3/c1-16(2)14-23(15-18-6-4-10-26-18)20(24)19(17-5-3-7-21-13-17)22-8-11-25-12-9-22/h3-7,10,13,16,19H,8-9,11-12,14-15H2,1-2H3. The summed E-state index contributed by atoms with van der Waals surface area (Å²) in [5.41, 5.74) is 0.924. The van der Waals surface area contributed by atoms with Crippen LogP contribution >= 0.6 is 0 Å². The molecule has 1 aliphatic rings. The molecule has 6 nitrogen and oxygen atoms in total. The first kappa shape index (κ1) is 18.6. The second-order valence-electron chi connectivity index (χ2n) is 7.03. The van der Waals surface area contributed by atoms with Crippen LogP contribution < -0.4 is 0 Å². The maximum Gasteiger partial charge on any atom is 0.245 e. The molecule has 0 bridgehead atoms. The molecular formula is C20H27N3O3. The van der Waals surface area contributed by atoms with Crippen molar-refractivity contribution in [1.82, 2.24) is 14.8 Å². The van der Waals surface area contributed by atoms with Gasteiger partial charge in [-0.2, -0.15) is 0 Å². The van der Waals surface area contributed by atoms with Crippen molar-refractivity contribution in [3.05, 3.63) is 54.2 Å². The van der Waals surface area contributed by atoms with E-state index in [1.807, 2.05) is 29.2 Å². The summed E-state index contributed by atoms with van der Waals surface area (Å²) in [6.07, 6.45) is 5.17. The van der Waals surface area contributed by atoms with E-state index in [1.54, 1.807) is 18.7 Å². The first-order valence-corrected chi connectivity index (χ1v) is 9.18.